The number of carboxylic acids is 1. The Morgan fingerprint density at radius 2 is 2.04 bits per heavy atom. The lowest BCUT2D eigenvalue weighted by Gasteiger charge is -2.03. The number of hydrogen-bond donors (Lipinski definition) is 3. The van der Waals surface area contributed by atoms with Crippen molar-refractivity contribution < 1.29 is 39.4 Å². The van der Waals surface area contributed by atoms with E-state index in [-0.39, 0.29) is 16.2 Å². The number of carbonyl (C=O) groups excluding carboxylic acids is 1. The Bertz CT molecular complexity index is 625. The van der Waals surface area contributed by atoms with E-state index in [4.69, 9.17) is 15.5 Å². The quantitative estimate of drug-likeness (QED) is 0.205. The molecule has 124 valence electrons. The van der Waals surface area contributed by atoms with Crippen LogP contribution in [-0.2, 0) is 4.79 Å². The standard InChI is InChI=1S/C9H8O4.C2H2N2O2.H2N2O2/c1-6(10)13-8-5-3-2-4-7(8)9(11)12;5-4-2-1-3-6-4;3-1-2-4/h2-5H,1H3,(H,11,12);1-2H;1H,(H-,2,3,4). The van der Waals surface area contributed by atoms with Gasteiger partial charge in [-0.3, -0.25) is 9.42 Å². The van der Waals surface area contributed by atoms with Crippen molar-refractivity contribution in [2.45, 2.75) is 6.92 Å². The predicted octanol–water partition coefficient (Wildman–Crippen LogP) is -0.976. The Morgan fingerprint density at radius 1 is 1.43 bits per heavy atom. The van der Waals surface area contributed by atoms with E-state index >= 15 is 0 Å². The third kappa shape index (κ3) is 8.96. The second-order valence-corrected chi connectivity index (χ2v) is 3.36. The number of aromatic carboxylic acids is 1. The molecule has 1 aromatic carbocycles. The summed E-state index contributed by atoms with van der Waals surface area (Å²) in [6.45, 7) is 1.22. The second-order valence-electron chi connectivity index (χ2n) is 3.36. The molecule has 0 saturated carbocycles. The summed E-state index contributed by atoms with van der Waals surface area (Å²) in [4.78, 5) is 21.4. The van der Waals surface area contributed by atoms with Crippen LogP contribution in [0.5, 0.6) is 5.75 Å². The average Bonchev–Trinajstić information content (AvgIpc) is 2.99. The molecule has 0 radical (unpaired) electrons. The Balaban J connectivity index is 0.000000398. The molecule has 2 rings (SSSR count). The van der Waals surface area contributed by atoms with Gasteiger partial charge in [0.2, 0.25) is 6.20 Å². The molecule has 0 spiro atoms. The van der Waals surface area contributed by atoms with Crippen LogP contribution in [0.4, 0.5) is 0 Å². The minimum absolute atomic E-state index is 0.0160. The van der Waals surface area contributed by atoms with Gasteiger partial charge in [0.05, 0.1) is 0 Å². The van der Waals surface area contributed by atoms with Crippen LogP contribution in [0.3, 0.4) is 0 Å². The third-order valence-electron chi connectivity index (χ3n) is 1.79. The van der Waals surface area contributed by atoms with Gasteiger partial charge in [0.15, 0.2) is 11.5 Å². The van der Waals surface area contributed by atoms with Gasteiger partial charge in [0.1, 0.15) is 11.3 Å². The monoisotopic (exact) mass is 328 g/mol. The molecule has 0 fully saturated rings. The van der Waals surface area contributed by atoms with E-state index in [1.165, 1.54) is 31.5 Å². The van der Waals surface area contributed by atoms with Crippen LogP contribution in [-0.4, -0.2) is 27.4 Å². The average molecular weight is 328 g/mol. The van der Waals surface area contributed by atoms with Crippen LogP contribution in [0.2, 0.25) is 0 Å². The number of hydrogen-bond acceptors (Lipinski definition) is 8. The number of nitrogens with zero attached hydrogens (tertiary/aromatic N) is 3. The summed E-state index contributed by atoms with van der Waals surface area (Å²) < 4.78 is 8.63. The lowest BCUT2D eigenvalue weighted by Crippen LogP contribution is -2.55. The van der Waals surface area contributed by atoms with Crippen LogP contribution < -0.4 is 14.9 Å². The zero-order chi connectivity index (χ0) is 17.7. The van der Waals surface area contributed by atoms with E-state index < -0.39 is 11.9 Å². The van der Waals surface area contributed by atoms with E-state index in [0.717, 1.165) is 5.28 Å². The van der Waals surface area contributed by atoms with Gasteiger partial charge in [-0.2, -0.15) is 0 Å². The first-order chi connectivity index (χ1) is 10.9. The highest BCUT2D eigenvalue weighted by molar-refractivity contribution is 5.91. The van der Waals surface area contributed by atoms with Crippen molar-refractivity contribution in [3.8, 4) is 5.75 Å². The van der Waals surface area contributed by atoms with E-state index in [1.807, 2.05) is 5.28 Å². The summed E-state index contributed by atoms with van der Waals surface area (Å²) in [7, 11) is 0. The predicted molar refractivity (Wildman–Crippen MR) is 68.7 cm³/mol. The van der Waals surface area contributed by atoms with Crippen molar-refractivity contribution in [2.24, 2.45) is 5.28 Å². The molecule has 12 heteroatoms. The van der Waals surface area contributed by atoms with Crippen LogP contribution in [0.1, 0.15) is 17.3 Å². The highest BCUT2D eigenvalue weighted by Crippen LogP contribution is 2.17. The number of aromatic nitrogens is 2. The maximum atomic E-state index is 10.6. The molecule has 2 aromatic rings. The summed E-state index contributed by atoms with van der Waals surface area (Å²) in [5, 5.41) is 40.0. The first kappa shape index (κ1) is 19.3. The van der Waals surface area contributed by atoms with E-state index in [1.54, 1.807) is 12.1 Å². The van der Waals surface area contributed by atoms with E-state index in [0.29, 0.717) is 0 Å². The van der Waals surface area contributed by atoms with Crippen molar-refractivity contribution in [1.82, 2.24) is 5.16 Å². The molecule has 0 aliphatic heterocycles. The van der Waals surface area contributed by atoms with Crippen molar-refractivity contribution >= 4 is 11.9 Å². The number of esters is 1. The fourth-order valence-corrected chi connectivity index (χ4v) is 1.07. The summed E-state index contributed by atoms with van der Waals surface area (Å²) in [5.41, 5.74) is -0.0160. The summed E-state index contributed by atoms with van der Waals surface area (Å²) in [6, 6.07) is 5.98. The number of nitrogens with one attached hydrogen (secondary N) is 1. The van der Waals surface area contributed by atoms with Crippen molar-refractivity contribution in [3.63, 3.8) is 0 Å². The number of carboxylic acid groups (broad SMARTS) is 1. The number of carbonyl (C=O) groups is 2. The van der Waals surface area contributed by atoms with Gasteiger partial charge in [-0.1, -0.05) is 17.4 Å². The Kier molecular flexibility index (Phi) is 9.24. The second kappa shape index (κ2) is 11.0. The smallest absolute Gasteiger partial charge is 0.339 e. The summed E-state index contributed by atoms with van der Waals surface area (Å²) in [5.74, 6) is -1.58. The van der Waals surface area contributed by atoms with Gasteiger partial charge < -0.3 is 25.5 Å². The van der Waals surface area contributed by atoms with Gasteiger partial charge in [-0.25, -0.2) is 4.79 Å². The molecular weight excluding hydrogens is 316 g/mol. The Labute approximate surface area is 128 Å². The molecule has 1 aromatic heterocycles. The largest absolute Gasteiger partial charge is 0.599 e. The molecule has 0 unspecified atom stereocenters. The molecule has 0 bridgehead atoms. The highest BCUT2D eigenvalue weighted by atomic mass is 16.8. The van der Waals surface area contributed by atoms with E-state index in [9.17, 15) is 14.8 Å². The number of ether oxygens (including phenoxy) is 1. The lowest BCUT2D eigenvalue weighted by atomic mass is 10.2. The normalized spacial score (nSPS) is 9.09. The zero-order valence-corrected chi connectivity index (χ0v) is 11.6. The van der Waals surface area contributed by atoms with Gasteiger partial charge in [0.25, 0.3) is 0 Å². The SMILES string of the molecule is CC(=O)Oc1ccccc1C(=O)O.[O-][NH+]=NO.[O-][n+]1ccno1. The molecule has 0 saturated heterocycles. The minimum atomic E-state index is -1.11. The molecule has 0 aliphatic rings. The van der Waals surface area contributed by atoms with E-state index in [2.05, 4.69) is 14.5 Å². The van der Waals surface area contributed by atoms with Crippen molar-refractivity contribution in [2.75, 3.05) is 0 Å². The van der Waals surface area contributed by atoms with Crippen molar-refractivity contribution in [3.05, 3.63) is 52.6 Å². The zero-order valence-electron chi connectivity index (χ0n) is 11.6. The molecule has 3 N–H and O–H groups in total. The lowest BCUT2D eigenvalue weighted by molar-refractivity contribution is -0.802. The van der Waals surface area contributed by atoms with Gasteiger partial charge in [-0.05, 0) is 17.0 Å². The molecule has 0 amide bonds. The molecule has 0 aliphatic carbocycles. The summed E-state index contributed by atoms with van der Waals surface area (Å²) in [6.07, 6.45) is 2.44. The first-order valence-corrected chi connectivity index (χ1v) is 5.64. The Hall–Kier alpha value is -3.70. The van der Waals surface area contributed by atoms with Crippen LogP contribution in [0.15, 0.2) is 46.6 Å². The maximum absolute atomic E-state index is 10.6. The fraction of sp³-hybridized carbons (Fsp3) is 0.0909. The molecular formula is C11H12N4O8. The van der Waals surface area contributed by atoms with Crippen molar-refractivity contribution in [1.29, 1.82) is 0 Å². The van der Waals surface area contributed by atoms with Crippen LogP contribution in [0, 0.1) is 10.4 Å². The number of rotatable bonds is 2. The molecule has 0 atom stereocenters. The fourth-order valence-electron chi connectivity index (χ4n) is 1.07. The minimum Gasteiger partial charge on any atom is -0.599 e. The van der Waals surface area contributed by atoms with Gasteiger partial charge in [-0.15, -0.1) is 0 Å². The molecule has 12 nitrogen and oxygen atoms in total. The van der Waals surface area contributed by atoms with Crippen LogP contribution >= 0.6 is 0 Å². The van der Waals surface area contributed by atoms with Crippen LogP contribution in [0.25, 0.3) is 0 Å². The first-order valence-electron chi connectivity index (χ1n) is 5.64. The van der Waals surface area contributed by atoms with Gasteiger partial charge >= 0.3 is 11.9 Å². The number of para-hydroxylation sites is 1. The Morgan fingerprint density at radius 3 is 2.39 bits per heavy atom. The van der Waals surface area contributed by atoms with Gasteiger partial charge in [0, 0.05) is 12.1 Å². The maximum Gasteiger partial charge on any atom is 0.339 e. The third-order valence-corrected chi connectivity index (χ3v) is 1.79. The topological polar surface area (TPSA) is 186 Å². The highest BCUT2D eigenvalue weighted by Gasteiger charge is 2.10. The molecule has 1 heterocycles. The number of benzene rings is 1. The summed E-state index contributed by atoms with van der Waals surface area (Å²) >= 11 is 0. The molecule has 23 heavy (non-hydrogen) atoms.